The van der Waals surface area contributed by atoms with Crippen molar-refractivity contribution < 1.29 is 9.00 Å². The van der Waals surface area contributed by atoms with Crippen LogP contribution in [-0.4, -0.2) is 49.6 Å². The van der Waals surface area contributed by atoms with Crippen LogP contribution < -0.4 is 0 Å². The highest BCUT2D eigenvalue weighted by Gasteiger charge is 2.20. The van der Waals surface area contributed by atoms with Crippen LogP contribution in [0.5, 0.6) is 0 Å². The third-order valence-electron chi connectivity index (χ3n) is 3.41. The number of carbonyl (C=O) groups excluding carboxylic acids is 1. The third kappa shape index (κ3) is 2.53. The average molecular weight is 277 g/mol. The molecular formula is C13H15N3O2S. The molecule has 3 heterocycles. The van der Waals surface area contributed by atoms with E-state index in [0.717, 1.165) is 16.6 Å². The predicted octanol–water partition coefficient (Wildman–Crippen LogP) is 0.696. The molecule has 1 aliphatic heterocycles. The van der Waals surface area contributed by atoms with Gasteiger partial charge in [-0.1, -0.05) is 0 Å². The summed E-state index contributed by atoms with van der Waals surface area (Å²) in [5, 5.41) is 0.997. The van der Waals surface area contributed by atoms with Gasteiger partial charge in [0.05, 0.1) is 6.42 Å². The summed E-state index contributed by atoms with van der Waals surface area (Å²) in [6, 6.07) is 3.83. The molecule has 0 saturated carbocycles. The fraction of sp³-hybridized carbons (Fsp3) is 0.385. The van der Waals surface area contributed by atoms with Crippen molar-refractivity contribution in [1.29, 1.82) is 0 Å². The zero-order valence-corrected chi connectivity index (χ0v) is 11.3. The van der Waals surface area contributed by atoms with Crippen LogP contribution in [-0.2, 0) is 22.0 Å². The van der Waals surface area contributed by atoms with E-state index in [9.17, 15) is 9.00 Å². The van der Waals surface area contributed by atoms with Crippen molar-refractivity contribution in [3.63, 3.8) is 0 Å². The van der Waals surface area contributed by atoms with E-state index in [1.54, 1.807) is 11.1 Å². The molecule has 0 aromatic carbocycles. The highest BCUT2D eigenvalue weighted by molar-refractivity contribution is 7.85. The maximum atomic E-state index is 12.2. The molecule has 100 valence electrons. The molecule has 0 atom stereocenters. The van der Waals surface area contributed by atoms with Gasteiger partial charge >= 0.3 is 0 Å². The summed E-state index contributed by atoms with van der Waals surface area (Å²) in [6.45, 7) is 1.21. The Labute approximate surface area is 113 Å². The second-order valence-corrected chi connectivity index (χ2v) is 6.32. The van der Waals surface area contributed by atoms with E-state index in [1.807, 2.05) is 18.3 Å². The third-order valence-corrected chi connectivity index (χ3v) is 4.68. The van der Waals surface area contributed by atoms with Gasteiger partial charge in [-0.05, 0) is 17.7 Å². The number of pyridine rings is 1. The first-order valence-corrected chi connectivity index (χ1v) is 7.76. The SMILES string of the molecule is O=C(Cc1c[nH]c2ncccc12)N1CCS(=O)CC1. The molecule has 3 rings (SSSR count). The molecule has 5 nitrogen and oxygen atoms in total. The van der Waals surface area contributed by atoms with Crippen LogP contribution in [0.1, 0.15) is 5.56 Å². The van der Waals surface area contributed by atoms with Crippen LogP contribution in [0.15, 0.2) is 24.5 Å². The van der Waals surface area contributed by atoms with Gasteiger partial charge in [0.25, 0.3) is 0 Å². The molecule has 2 aromatic rings. The van der Waals surface area contributed by atoms with Crippen LogP contribution in [0.4, 0.5) is 0 Å². The molecule has 19 heavy (non-hydrogen) atoms. The molecule has 0 radical (unpaired) electrons. The first-order chi connectivity index (χ1) is 9.24. The minimum Gasteiger partial charge on any atom is -0.346 e. The Bertz CT molecular complexity index is 628. The number of nitrogens with zero attached hydrogens (tertiary/aromatic N) is 2. The number of aromatic amines is 1. The maximum Gasteiger partial charge on any atom is 0.227 e. The minimum absolute atomic E-state index is 0.0986. The molecule has 2 aromatic heterocycles. The Balaban J connectivity index is 1.74. The smallest absolute Gasteiger partial charge is 0.227 e. The number of hydrogen-bond donors (Lipinski definition) is 1. The van der Waals surface area contributed by atoms with Crippen LogP contribution >= 0.6 is 0 Å². The standard InChI is InChI=1S/C13H15N3O2S/c17-12(16-4-6-19(18)7-5-16)8-10-9-15-13-11(10)2-1-3-14-13/h1-3,9H,4-8H2,(H,14,15). The Hall–Kier alpha value is -1.69. The molecule has 1 saturated heterocycles. The molecule has 1 fully saturated rings. The second kappa shape index (κ2) is 5.13. The summed E-state index contributed by atoms with van der Waals surface area (Å²) in [7, 11) is -0.748. The van der Waals surface area contributed by atoms with E-state index in [2.05, 4.69) is 9.97 Å². The molecule has 0 spiro atoms. The lowest BCUT2D eigenvalue weighted by Gasteiger charge is -2.26. The Morgan fingerprint density at radius 2 is 2.21 bits per heavy atom. The summed E-state index contributed by atoms with van der Waals surface area (Å²) in [4.78, 5) is 21.3. The maximum absolute atomic E-state index is 12.2. The molecule has 1 amide bonds. The average Bonchev–Trinajstić information content (AvgIpc) is 2.83. The fourth-order valence-corrected chi connectivity index (χ4v) is 3.37. The van der Waals surface area contributed by atoms with Gasteiger partial charge in [0.2, 0.25) is 5.91 Å². The molecule has 1 N–H and O–H groups in total. The van der Waals surface area contributed by atoms with Gasteiger partial charge in [0, 0.05) is 53.2 Å². The highest BCUT2D eigenvalue weighted by atomic mass is 32.2. The zero-order chi connectivity index (χ0) is 13.2. The van der Waals surface area contributed by atoms with Gasteiger partial charge in [0.15, 0.2) is 0 Å². The van der Waals surface area contributed by atoms with E-state index in [1.165, 1.54) is 0 Å². The normalized spacial score (nSPS) is 16.9. The highest BCUT2D eigenvalue weighted by Crippen LogP contribution is 2.17. The van der Waals surface area contributed by atoms with Gasteiger partial charge in [-0.2, -0.15) is 0 Å². The van der Waals surface area contributed by atoms with Crippen LogP contribution in [0.2, 0.25) is 0 Å². The predicted molar refractivity (Wildman–Crippen MR) is 74.3 cm³/mol. The van der Waals surface area contributed by atoms with Crippen LogP contribution in [0, 0.1) is 0 Å². The number of rotatable bonds is 2. The number of H-pyrrole nitrogens is 1. The van der Waals surface area contributed by atoms with E-state index in [-0.39, 0.29) is 5.91 Å². The van der Waals surface area contributed by atoms with Gasteiger partial charge in [-0.15, -0.1) is 0 Å². The number of nitrogens with one attached hydrogen (secondary N) is 1. The van der Waals surface area contributed by atoms with Crippen molar-refractivity contribution in [3.05, 3.63) is 30.1 Å². The van der Waals surface area contributed by atoms with Crippen molar-refractivity contribution in [2.45, 2.75) is 6.42 Å². The van der Waals surface area contributed by atoms with Crippen molar-refractivity contribution in [2.75, 3.05) is 24.6 Å². The number of carbonyl (C=O) groups is 1. The lowest BCUT2D eigenvalue weighted by Crippen LogP contribution is -2.42. The molecule has 1 aliphatic rings. The Morgan fingerprint density at radius 1 is 1.42 bits per heavy atom. The largest absolute Gasteiger partial charge is 0.346 e. The first-order valence-electron chi connectivity index (χ1n) is 6.28. The van der Waals surface area contributed by atoms with E-state index in [4.69, 9.17) is 0 Å². The minimum atomic E-state index is -0.748. The summed E-state index contributed by atoms with van der Waals surface area (Å²) < 4.78 is 11.3. The lowest BCUT2D eigenvalue weighted by atomic mass is 10.1. The Morgan fingerprint density at radius 3 is 3.00 bits per heavy atom. The van der Waals surface area contributed by atoms with E-state index < -0.39 is 10.8 Å². The Kier molecular flexibility index (Phi) is 3.33. The second-order valence-electron chi connectivity index (χ2n) is 4.62. The van der Waals surface area contributed by atoms with Crippen molar-refractivity contribution in [1.82, 2.24) is 14.9 Å². The van der Waals surface area contributed by atoms with Crippen LogP contribution in [0.25, 0.3) is 11.0 Å². The monoisotopic (exact) mass is 277 g/mol. The molecule has 0 aliphatic carbocycles. The van der Waals surface area contributed by atoms with Crippen LogP contribution in [0.3, 0.4) is 0 Å². The summed E-state index contributed by atoms with van der Waals surface area (Å²) in [5.41, 5.74) is 1.78. The number of fused-ring (bicyclic) bond motifs is 1. The van der Waals surface area contributed by atoms with Crippen molar-refractivity contribution >= 4 is 27.7 Å². The topological polar surface area (TPSA) is 66.1 Å². The first kappa shape index (κ1) is 12.3. The quantitative estimate of drug-likeness (QED) is 0.878. The zero-order valence-electron chi connectivity index (χ0n) is 10.5. The molecule has 0 unspecified atom stereocenters. The molecular weight excluding hydrogens is 262 g/mol. The van der Waals surface area contributed by atoms with Gasteiger partial charge < -0.3 is 9.88 Å². The fourth-order valence-electron chi connectivity index (χ4n) is 2.32. The number of aromatic nitrogens is 2. The number of hydrogen-bond acceptors (Lipinski definition) is 3. The lowest BCUT2D eigenvalue weighted by molar-refractivity contribution is -0.130. The molecule has 6 heteroatoms. The van der Waals surface area contributed by atoms with Gasteiger partial charge in [-0.3, -0.25) is 9.00 Å². The van der Waals surface area contributed by atoms with E-state index in [0.29, 0.717) is 31.0 Å². The summed E-state index contributed by atoms with van der Waals surface area (Å²) in [5.74, 6) is 1.30. The molecule has 0 bridgehead atoms. The summed E-state index contributed by atoms with van der Waals surface area (Å²) >= 11 is 0. The van der Waals surface area contributed by atoms with E-state index >= 15 is 0 Å². The summed E-state index contributed by atoms with van der Waals surface area (Å²) in [6.07, 6.45) is 3.94. The van der Waals surface area contributed by atoms with Crippen molar-refractivity contribution in [2.24, 2.45) is 0 Å². The number of amides is 1. The van der Waals surface area contributed by atoms with Gasteiger partial charge in [0.1, 0.15) is 5.65 Å². The van der Waals surface area contributed by atoms with Crippen molar-refractivity contribution in [3.8, 4) is 0 Å². The van der Waals surface area contributed by atoms with Gasteiger partial charge in [-0.25, -0.2) is 4.98 Å².